The molecule has 1 N–H and O–H groups in total. The van der Waals surface area contributed by atoms with Gasteiger partial charge in [0.15, 0.2) is 6.61 Å². The van der Waals surface area contributed by atoms with Crippen LogP contribution in [-0.2, 0) is 19.1 Å². The Morgan fingerprint density at radius 3 is 2.56 bits per heavy atom. The van der Waals surface area contributed by atoms with Gasteiger partial charge in [-0.25, -0.2) is 9.59 Å². The Hall–Kier alpha value is -2.96. The molecule has 1 atom stereocenters. The van der Waals surface area contributed by atoms with Gasteiger partial charge in [0.25, 0.3) is 5.91 Å². The van der Waals surface area contributed by atoms with Crippen LogP contribution in [0.15, 0.2) is 30.3 Å². The van der Waals surface area contributed by atoms with E-state index in [1.165, 1.54) is 7.11 Å². The topological polar surface area (TPSA) is 94.6 Å². The number of aromatic nitrogens is 1. The van der Waals surface area contributed by atoms with Crippen LogP contribution >= 0.6 is 0 Å². The minimum atomic E-state index is -0.773. The third kappa shape index (κ3) is 5.51. The Morgan fingerprint density at radius 2 is 1.89 bits per heavy atom. The van der Waals surface area contributed by atoms with Gasteiger partial charge in [0.1, 0.15) is 6.04 Å². The number of carbonyl (C=O) groups is 3. The normalized spacial score (nSPS) is 11.9. The first-order valence-corrected chi connectivity index (χ1v) is 8.72. The molecule has 0 saturated carbocycles. The van der Waals surface area contributed by atoms with Gasteiger partial charge in [-0.3, -0.25) is 9.78 Å². The van der Waals surface area contributed by atoms with Crippen molar-refractivity contribution in [3.8, 4) is 0 Å². The zero-order valence-corrected chi connectivity index (χ0v) is 15.9. The van der Waals surface area contributed by atoms with Crippen molar-refractivity contribution in [2.45, 2.75) is 33.2 Å². The third-order valence-corrected chi connectivity index (χ3v) is 3.93. The fraction of sp³-hybridized carbons (Fsp3) is 0.400. The summed E-state index contributed by atoms with van der Waals surface area (Å²) < 4.78 is 9.84. The monoisotopic (exact) mass is 372 g/mol. The Balaban J connectivity index is 2.05. The number of nitrogens with one attached hydrogen (secondary N) is 1. The first-order valence-electron chi connectivity index (χ1n) is 8.72. The number of rotatable bonds is 7. The van der Waals surface area contributed by atoms with Crippen LogP contribution in [0.4, 0.5) is 0 Å². The summed E-state index contributed by atoms with van der Waals surface area (Å²) in [6.45, 7) is 5.15. The standard InChI is InChI=1S/C20H24N2O5/c1-12(2)9-17(20(25)26-4)22-18(23)11-27-19(24)15-10-13(3)21-16-8-6-5-7-14(15)16/h5-8,10,12,17H,9,11H2,1-4H3,(H,22,23)/t17-/m1/s1. The first-order chi connectivity index (χ1) is 12.8. The molecule has 0 unspecified atom stereocenters. The van der Waals surface area contributed by atoms with E-state index in [1.807, 2.05) is 19.9 Å². The molecule has 1 heterocycles. The smallest absolute Gasteiger partial charge is 0.339 e. The zero-order valence-electron chi connectivity index (χ0n) is 15.9. The summed E-state index contributed by atoms with van der Waals surface area (Å²) in [6, 6.07) is 8.06. The summed E-state index contributed by atoms with van der Waals surface area (Å²) in [5.74, 6) is -1.53. The lowest BCUT2D eigenvalue weighted by atomic mass is 10.0. The predicted octanol–water partition coefficient (Wildman–Crippen LogP) is 2.40. The lowest BCUT2D eigenvalue weighted by molar-refractivity contribution is -0.145. The SMILES string of the molecule is COC(=O)[C@@H](CC(C)C)NC(=O)COC(=O)c1cc(C)nc2ccccc12. The summed E-state index contributed by atoms with van der Waals surface area (Å²) in [5, 5.41) is 3.20. The maximum atomic E-state index is 12.4. The van der Waals surface area contributed by atoms with Gasteiger partial charge in [0.05, 0.1) is 18.2 Å². The zero-order chi connectivity index (χ0) is 20.0. The van der Waals surface area contributed by atoms with Crippen LogP contribution in [0.1, 0.15) is 36.3 Å². The highest BCUT2D eigenvalue weighted by atomic mass is 16.5. The van der Waals surface area contributed by atoms with E-state index < -0.39 is 30.5 Å². The molecular formula is C20H24N2O5. The van der Waals surface area contributed by atoms with Gasteiger partial charge in [0, 0.05) is 11.1 Å². The second kappa shape index (κ2) is 9.12. The van der Waals surface area contributed by atoms with Crippen molar-refractivity contribution >= 4 is 28.7 Å². The fourth-order valence-corrected chi connectivity index (χ4v) is 2.75. The van der Waals surface area contributed by atoms with E-state index in [1.54, 1.807) is 31.2 Å². The predicted molar refractivity (Wildman–Crippen MR) is 100 cm³/mol. The lowest BCUT2D eigenvalue weighted by Gasteiger charge is -2.18. The molecule has 0 aliphatic carbocycles. The highest BCUT2D eigenvalue weighted by Crippen LogP contribution is 2.19. The number of methoxy groups -OCH3 is 1. The minimum Gasteiger partial charge on any atom is -0.467 e. The molecule has 2 aromatic rings. The van der Waals surface area contributed by atoms with E-state index in [9.17, 15) is 14.4 Å². The third-order valence-electron chi connectivity index (χ3n) is 3.93. The summed E-state index contributed by atoms with van der Waals surface area (Å²) in [5.41, 5.74) is 1.70. The fourth-order valence-electron chi connectivity index (χ4n) is 2.75. The van der Waals surface area contributed by atoms with Gasteiger partial charge in [-0.05, 0) is 31.4 Å². The summed E-state index contributed by atoms with van der Waals surface area (Å²) in [7, 11) is 1.26. The van der Waals surface area contributed by atoms with Crippen LogP contribution in [0.3, 0.4) is 0 Å². The molecule has 1 aromatic heterocycles. The molecule has 1 amide bonds. The molecule has 0 radical (unpaired) electrons. The molecule has 1 aromatic carbocycles. The summed E-state index contributed by atoms with van der Waals surface area (Å²) in [4.78, 5) is 40.7. The Bertz CT molecular complexity index is 847. The molecule has 0 aliphatic rings. The maximum Gasteiger partial charge on any atom is 0.339 e. The lowest BCUT2D eigenvalue weighted by Crippen LogP contribution is -2.44. The van der Waals surface area contributed by atoms with Gasteiger partial charge >= 0.3 is 11.9 Å². The number of pyridine rings is 1. The Kier molecular flexibility index (Phi) is 6.87. The van der Waals surface area contributed by atoms with E-state index in [-0.39, 0.29) is 5.92 Å². The molecule has 27 heavy (non-hydrogen) atoms. The van der Waals surface area contributed by atoms with E-state index in [4.69, 9.17) is 9.47 Å². The molecule has 0 saturated heterocycles. The largest absolute Gasteiger partial charge is 0.467 e. The number of carbonyl (C=O) groups excluding carboxylic acids is 3. The Morgan fingerprint density at radius 1 is 1.19 bits per heavy atom. The highest BCUT2D eigenvalue weighted by Gasteiger charge is 2.23. The summed E-state index contributed by atoms with van der Waals surface area (Å²) in [6.07, 6.45) is 0.431. The number of benzene rings is 1. The van der Waals surface area contributed by atoms with Crippen LogP contribution in [0, 0.1) is 12.8 Å². The number of fused-ring (bicyclic) bond motifs is 1. The molecule has 7 nitrogen and oxygen atoms in total. The minimum absolute atomic E-state index is 0.183. The number of hydrogen-bond acceptors (Lipinski definition) is 6. The maximum absolute atomic E-state index is 12.4. The molecule has 2 rings (SSSR count). The number of hydrogen-bond donors (Lipinski definition) is 1. The van der Waals surface area contributed by atoms with Crippen molar-refractivity contribution in [1.29, 1.82) is 0 Å². The second-order valence-corrected chi connectivity index (χ2v) is 6.68. The van der Waals surface area contributed by atoms with Gasteiger partial charge in [0.2, 0.25) is 0 Å². The average Bonchev–Trinajstić information content (AvgIpc) is 2.63. The number of para-hydroxylation sites is 1. The van der Waals surface area contributed by atoms with Gasteiger partial charge in [-0.1, -0.05) is 32.0 Å². The number of amides is 1. The van der Waals surface area contributed by atoms with Gasteiger partial charge < -0.3 is 14.8 Å². The molecule has 7 heteroatoms. The van der Waals surface area contributed by atoms with Crippen molar-refractivity contribution in [3.63, 3.8) is 0 Å². The quantitative estimate of drug-likeness (QED) is 0.750. The van der Waals surface area contributed by atoms with Gasteiger partial charge in [-0.15, -0.1) is 0 Å². The second-order valence-electron chi connectivity index (χ2n) is 6.68. The molecule has 144 valence electrons. The first kappa shape index (κ1) is 20.4. The van der Waals surface area contributed by atoms with E-state index in [2.05, 4.69) is 10.3 Å². The molecule has 0 bridgehead atoms. The van der Waals surface area contributed by atoms with E-state index in [0.717, 1.165) is 0 Å². The summed E-state index contributed by atoms with van der Waals surface area (Å²) >= 11 is 0. The highest BCUT2D eigenvalue weighted by molar-refractivity contribution is 6.04. The van der Waals surface area contributed by atoms with Crippen molar-refractivity contribution < 1.29 is 23.9 Å². The molecule has 0 fully saturated rings. The molecular weight excluding hydrogens is 348 g/mol. The van der Waals surface area contributed by atoms with Crippen molar-refractivity contribution in [3.05, 3.63) is 41.6 Å². The number of aryl methyl sites for hydroxylation is 1. The van der Waals surface area contributed by atoms with Crippen LogP contribution in [0.5, 0.6) is 0 Å². The Labute approximate surface area is 158 Å². The van der Waals surface area contributed by atoms with Gasteiger partial charge in [-0.2, -0.15) is 0 Å². The van der Waals surface area contributed by atoms with Crippen LogP contribution in [-0.4, -0.2) is 42.6 Å². The van der Waals surface area contributed by atoms with Crippen LogP contribution in [0.2, 0.25) is 0 Å². The van der Waals surface area contributed by atoms with Crippen molar-refractivity contribution in [1.82, 2.24) is 10.3 Å². The van der Waals surface area contributed by atoms with E-state index in [0.29, 0.717) is 28.6 Å². The van der Waals surface area contributed by atoms with E-state index >= 15 is 0 Å². The number of esters is 2. The van der Waals surface area contributed by atoms with Crippen molar-refractivity contribution in [2.75, 3.05) is 13.7 Å². The molecule has 0 spiro atoms. The van der Waals surface area contributed by atoms with Crippen LogP contribution < -0.4 is 5.32 Å². The average molecular weight is 372 g/mol. The number of ether oxygens (including phenoxy) is 2. The van der Waals surface area contributed by atoms with Crippen LogP contribution in [0.25, 0.3) is 10.9 Å². The number of nitrogens with zero attached hydrogens (tertiary/aromatic N) is 1. The van der Waals surface area contributed by atoms with Crippen molar-refractivity contribution in [2.24, 2.45) is 5.92 Å². The molecule has 0 aliphatic heterocycles.